The first-order chi connectivity index (χ1) is 7.96. The molecule has 0 bridgehead atoms. The van der Waals surface area contributed by atoms with Crippen molar-refractivity contribution in [1.29, 1.82) is 0 Å². The summed E-state index contributed by atoms with van der Waals surface area (Å²) in [5, 5.41) is 21.0. The summed E-state index contributed by atoms with van der Waals surface area (Å²) in [4.78, 5) is 10.1. The number of hydrogen-bond donors (Lipinski definition) is 2. The predicted octanol–water partition coefficient (Wildman–Crippen LogP) is -1.38. The van der Waals surface area contributed by atoms with Gasteiger partial charge in [-0.15, -0.1) is 0 Å². The Balaban J connectivity index is 0.000000306. The molecular weight excluding hydrogens is 415 g/mol. The average molecular weight is 437 g/mol. The van der Waals surface area contributed by atoms with E-state index in [1.807, 2.05) is 0 Å². The fourth-order valence-electron chi connectivity index (χ4n) is 2.34. The predicted molar refractivity (Wildman–Crippen MR) is 60.6 cm³/mol. The number of carbonyl (C=O) groups excluding carboxylic acids is 1. The largest absolute Gasteiger partial charge is 2.00 e. The molecule has 4 N–H and O–H groups in total. The van der Waals surface area contributed by atoms with E-state index >= 15 is 0 Å². The molecule has 0 spiro atoms. The van der Waals surface area contributed by atoms with Crippen molar-refractivity contribution in [3.8, 4) is 0 Å². The Morgan fingerprint density at radius 2 is 1.39 bits per heavy atom. The standard InChI is InChI=1S/C6H14N2.C6H9O3.Pt/c7-5-3-1-2-4-6(5)8;7-5(8)6(9)3-1-2-4-6;/h5-6H,1-4,7-8H2;1-4H2,(H,7,8);/q;-1;+2/p-1. The third kappa shape index (κ3) is 5.35. The van der Waals surface area contributed by atoms with Gasteiger partial charge in [-0.3, -0.25) is 0 Å². The number of aliphatic carboxylic acids is 1. The minimum Gasteiger partial charge on any atom is -0.845 e. The number of carboxylic acid groups (broad SMARTS) is 1. The van der Waals surface area contributed by atoms with Gasteiger partial charge in [-0.05, 0) is 12.8 Å². The molecule has 5 nitrogen and oxygen atoms in total. The van der Waals surface area contributed by atoms with E-state index in [0.29, 0.717) is 0 Å². The van der Waals surface area contributed by atoms with Crippen LogP contribution in [-0.2, 0) is 25.9 Å². The van der Waals surface area contributed by atoms with Crippen LogP contribution in [0.25, 0.3) is 0 Å². The van der Waals surface area contributed by atoms with E-state index in [1.165, 1.54) is 12.8 Å². The van der Waals surface area contributed by atoms with Gasteiger partial charge >= 0.3 is 21.1 Å². The van der Waals surface area contributed by atoms with Gasteiger partial charge in [-0.1, -0.05) is 44.1 Å². The summed E-state index contributed by atoms with van der Waals surface area (Å²) in [7, 11) is 0. The summed E-state index contributed by atoms with van der Waals surface area (Å²) < 4.78 is 0. The molecule has 2 saturated carbocycles. The van der Waals surface area contributed by atoms with E-state index < -0.39 is 11.6 Å². The summed E-state index contributed by atoms with van der Waals surface area (Å²) in [5.41, 5.74) is 9.56. The molecule has 2 atom stereocenters. The third-order valence-corrected chi connectivity index (χ3v) is 3.66. The number of hydrogen-bond acceptors (Lipinski definition) is 5. The van der Waals surface area contributed by atoms with Gasteiger partial charge < -0.3 is 26.5 Å². The van der Waals surface area contributed by atoms with Crippen LogP contribution in [0.3, 0.4) is 0 Å². The van der Waals surface area contributed by atoms with Gasteiger partial charge in [0.2, 0.25) is 0 Å². The average Bonchev–Trinajstić information content (AvgIpc) is 2.72. The van der Waals surface area contributed by atoms with Gasteiger partial charge in [0, 0.05) is 18.1 Å². The molecule has 18 heavy (non-hydrogen) atoms. The van der Waals surface area contributed by atoms with Crippen LogP contribution in [0.4, 0.5) is 0 Å². The van der Waals surface area contributed by atoms with Crippen molar-refractivity contribution in [2.45, 2.75) is 69.1 Å². The Morgan fingerprint density at radius 1 is 1.00 bits per heavy atom. The molecule has 0 saturated heterocycles. The fraction of sp³-hybridized carbons (Fsp3) is 0.917. The third-order valence-electron chi connectivity index (χ3n) is 3.66. The van der Waals surface area contributed by atoms with Gasteiger partial charge in [0.05, 0.1) is 0 Å². The van der Waals surface area contributed by atoms with Gasteiger partial charge in [0.1, 0.15) is 0 Å². The smallest absolute Gasteiger partial charge is 0.845 e. The Morgan fingerprint density at radius 3 is 1.61 bits per heavy atom. The van der Waals surface area contributed by atoms with Gasteiger partial charge in [-0.25, -0.2) is 0 Å². The topological polar surface area (TPSA) is 115 Å². The first kappa shape index (κ1) is 18.0. The molecule has 0 amide bonds. The van der Waals surface area contributed by atoms with Crippen LogP contribution >= 0.6 is 0 Å². The zero-order valence-corrected chi connectivity index (χ0v) is 12.8. The van der Waals surface area contributed by atoms with Gasteiger partial charge in [0.25, 0.3) is 0 Å². The molecule has 0 aromatic rings. The van der Waals surface area contributed by atoms with E-state index in [2.05, 4.69) is 0 Å². The number of nitrogens with two attached hydrogens (primary N) is 2. The van der Waals surface area contributed by atoms with Crippen LogP contribution in [0.1, 0.15) is 51.4 Å². The maximum Gasteiger partial charge on any atom is 2.00 e. The SMILES string of the molecule is NC1CCCCC1N.O=C([O-])C1([O-])CCCC1.[Pt+2]. The van der Waals surface area contributed by atoms with Crippen molar-refractivity contribution >= 4 is 5.97 Å². The molecule has 0 aromatic carbocycles. The van der Waals surface area contributed by atoms with Crippen LogP contribution in [0.15, 0.2) is 0 Å². The van der Waals surface area contributed by atoms with Crippen LogP contribution in [0.2, 0.25) is 0 Å². The monoisotopic (exact) mass is 437 g/mol. The van der Waals surface area contributed by atoms with Crippen molar-refractivity contribution in [3.05, 3.63) is 0 Å². The molecule has 0 heterocycles. The minimum atomic E-state index is -1.75. The first-order valence-corrected chi connectivity index (χ1v) is 6.39. The Labute approximate surface area is 123 Å². The second kappa shape index (κ2) is 8.26. The van der Waals surface area contributed by atoms with Crippen LogP contribution in [-0.4, -0.2) is 23.7 Å². The zero-order valence-electron chi connectivity index (χ0n) is 10.5. The van der Waals surface area contributed by atoms with Crippen LogP contribution < -0.4 is 21.7 Å². The van der Waals surface area contributed by atoms with E-state index in [4.69, 9.17) is 11.5 Å². The van der Waals surface area contributed by atoms with Crippen molar-refractivity contribution in [2.75, 3.05) is 0 Å². The summed E-state index contributed by atoms with van der Waals surface area (Å²) >= 11 is 0. The van der Waals surface area contributed by atoms with Crippen molar-refractivity contribution < 1.29 is 36.1 Å². The molecule has 6 heteroatoms. The van der Waals surface area contributed by atoms with Crippen molar-refractivity contribution in [2.24, 2.45) is 11.5 Å². The Kier molecular flexibility index (Phi) is 8.27. The van der Waals surface area contributed by atoms with Crippen molar-refractivity contribution in [3.63, 3.8) is 0 Å². The zero-order chi connectivity index (χ0) is 12.9. The van der Waals surface area contributed by atoms with Crippen LogP contribution in [0, 0.1) is 0 Å². The molecule has 2 aliphatic rings. The number of carbonyl (C=O) groups is 1. The molecule has 0 aromatic heterocycles. The molecule has 2 aliphatic carbocycles. The van der Waals surface area contributed by atoms with Gasteiger partial charge in [-0.2, -0.15) is 0 Å². The van der Waals surface area contributed by atoms with Gasteiger partial charge in [0.15, 0.2) is 0 Å². The fourth-order valence-corrected chi connectivity index (χ4v) is 2.34. The number of carboxylic acids is 1. The maximum atomic E-state index is 10.9. The second-order valence-corrected chi connectivity index (χ2v) is 5.10. The summed E-state index contributed by atoms with van der Waals surface area (Å²) in [6.07, 6.45) is 6.76. The summed E-state index contributed by atoms with van der Waals surface area (Å²) in [6.45, 7) is 0. The molecule has 2 unspecified atom stereocenters. The minimum absolute atomic E-state index is 0. The number of rotatable bonds is 1. The molecule has 2 rings (SSSR count). The Hall–Kier alpha value is 0.0383. The first-order valence-electron chi connectivity index (χ1n) is 6.39. The normalized spacial score (nSPS) is 29.7. The Bertz CT molecular complexity index is 248. The van der Waals surface area contributed by atoms with Crippen molar-refractivity contribution in [1.82, 2.24) is 0 Å². The van der Waals surface area contributed by atoms with E-state index in [9.17, 15) is 15.0 Å². The summed E-state index contributed by atoms with van der Waals surface area (Å²) in [6, 6.07) is 0.562. The van der Waals surface area contributed by atoms with E-state index in [-0.39, 0.29) is 46.0 Å². The quantitative estimate of drug-likeness (QED) is 0.525. The molecule has 0 aliphatic heterocycles. The molecular formula is C12H22N2O3Pt. The second-order valence-electron chi connectivity index (χ2n) is 5.10. The van der Waals surface area contributed by atoms with E-state index in [1.54, 1.807) is 0 Å². The molecule has 2 fully saturated rings. The summed E-state index contributed by atoms with van der Waals surface area (Å²) in [5.74, 6) is -1.43. The van der Waals surface area contributed by atoms with E-state index in [0.717, 1.165) is 25.7 Å². The van der Waals surface area contributed by atoms with Crippen LogP contribution in [0.5, 0.6) is 0 Å². The maximum absolute atomic E-state index is 10.9. The molecule has 108 valence electrons. The molecule has 0 radical (unpaired) electrons.